The zero-order valence-electron chi connectivity index (χ0n) is 12.0. The van der Waals surface area contributed by atoms with E-state index in [1.54, 1.807) is 4.68 Å². The van der Waals surface area contributed by atoms with Gasteiger partial charge in [-0.2, -0.15) is 5.10 Å². The molecule has 4 rings (SSSR count). The van der Waals surface area contributed by atoms with E-state index in [0.717, 1.165) is 53.5 Å². The van der Waals surface area contributed by atoms with Gasteiger partial charge in [0.15, 0.2) is 11.5 Å². The SMILES string of the molecule is NC(=O)Cn1nc(-c2ccc3c(c2)OCO3)c2c1CCNC2. The van der Waals surface area contributed by atoms with Crippen molar-refractivity contribution in [1.29, 1.82) is 0 Å². The van der Waals surface area contributed by atoms with Crippen LogP contribution in [0.4, 0.5) is 0 Å². The Morgan fingerprint density at radius 1 is 1.36 bits per heavy atom. The minimum absolute atomic E-state index is 0.104. The summed E-state index contributed by atoms with van der Waals surface area (Å²) in [7, 11) is 0. The molecule has 1 aromatic carbocycles. The van der Waals surface area contributed by atoms with E-state index in [9.17, 15) is 4.79 Å². The predicted octanol–water partition coefficient (Wildman–Crippen LogP) is 0.410. The minimum atomic E-state index is -0.388. The zero-order chi connectivity index (χ0) is 15.1. The molecule has 0 fully saturated rings. The number of carbonyl (C=O) groups is 1. The van der Waals surface area contributed by atoms with Crippen molar-refractivity contribution in [3.8, 4) is 22.8 Å². The molecule has 7 heteroatoms. The van der Waals surface area contributed by atoms with Gasteiger partial charge in [0.05, 0.1) is 5.69 Å². The molecule has 0 bridgehead atoms. The van der Waals surface area contributed by atoms with Crippen molar-refractivity contribution >= 4 is 5.91 Å². The Bertz CT molecular complexity index is 753. The molecule has 1 aromatic heterocycles. The molecule has 0 aliphatic carbocycles. The number of hydrogen-bond donors (Lipinski definition) is 2. The lowest BCUT2D eigenvalue weighted by atomic mass is 10.0. The molecule has 2 aromatic rings. The summed E-state index contributed by atoms with van der Waals surface area (Å²) >= 11 is 0. The van der Waals surface area contributed by atoms with Crippen LogP contribution in [-0.4, -0.2) is 29.0 Å². The topological polar surface area (TPSA) is 91.4 Å². The lowest BCUT2D eigenvalue weighted by Gasteiger charge is -2.15. The quantitative estimate of drug-likeness (QED) is 0.856. The standard InChI is InChI=1S/C15H16N4O3/c16-14(20)7-19-11-3-4-17-6-10(11)15(18-19)9-1-2-12-13(5-9)22-8-21-12/h1-2,5,17H,3-4,6-8H2,(H2,16,20). The van der Waals surface area contributed by atoms with Gasteiger partial charge in [-0.1, -0.05) is 0 Å². The molecule has 3 N–H and O–H groups in total. The Morgan fingerprint density at radius 3 is 3.09 bits per heavy atom. The average molecular weight is 300 g/mol. The summed E-state index contributed by atoms with van der Waals surface area (Å²) in [5.41, 5.74) is 9.33. The summed E-state index contributed by atoms with van der Waals surface area (Å²) in [5.74, 6) is 1.08. The van der Waals surface area contributed by atoms with Gasteiger partial charge in [0, 0.05) is 36.3 Å². The van der Waals surface area contributed by atoms with Crippen LogP contribution in [0, 0.1) is 0 Å². The number of aromatic nitrogens is 2. The second kappa shape index (κ2) is 5.03. The number of primary amides is 1. The van der Waals surface area contributed by atoms with Crippen molar-refractivity contribution < 1.29 is 14.3 Å². The van der Waals surface area contributed by atoms with Crippen LogP contribution >= 0.6 is 0 Å². The number of amides is 1. The molecule has 2 aliphatic rings. The van der Waals surface area contributed by atoms with Gasteiger partial charge in [-0.15, -0.1) is 0 Å². The van der Waals surface area contributed by atoms with Crippen LogP contribution in [0.25, 0.3) is 11.3 Å². The van der Waals surface area contributed by atoms with E-state index >= 15 is 0 Å². The Hall–Kier alpha value is -2.54. The molecule has 0 unspecified atom stereocenters. The number of ether oxygens (including phenoxy) is 2. The van der Waals surface area contributed by atoms with Crippen LogP contribution in [0.5, 0.6) is 11.5 Å². The number of benzene rings is 1. The van der Waals surface area contributed by atoms with Gasteiger partial charge in [-0.3, -0.25) is 9.48 Å². The lowest BCUT2D eigenvalue weighted by Crippen LogP contribution is -2.27. The number of nitrogens with one attached hydrogen (secondary N) is 1. The highest BCUT2D eigenvalue weighted by Crippen LogP contribution is 2.37. The van der Waals surface area contributed by atoms with Crippen LogP contribution < -0.4 is 20.5 Å². The summed E-state index contributed by atoms with van der Waals surface area (Å²) in [6.07, 6.45) is 0.833. The first-order chi connectivity index (χ1) is 10.7. The third-order valence-electron chi connectivity index (χ3n) is 3.96. The molecule has 0 atom stereocenters. The van der Waals surface area contributed by atoms with E-state index in [0.29, 0.717) is 0 Å². The summed E-state index contributed by atoms with van der Waals surface area (Å²) in [5, 5.41) is 7.95. The number of carbonyl (C=O) groups excluding carboxylic acids is 1. The maximum Gasteiger partial charge on any atom is 0.239 e. The van der Waals surface area contributed by atoms with E-state index in [1.807, 2.05) is 18.2 Å². The zero-order valence-corrected chi connectivity index (χ0v) is 12.0. The molecule has 1 amide bonds. The van der Waals surface area contributed by atoms with E-state index in [1.165, 1.54) is 0 Å². The van der Waals surface area contributed by atoms with Crippen LogP contribution in [-0.2, 0) is 24.3 Å². The van der Waals surface area contributed by atoms with Crippen molar-refractivity contribution in [3.05, 3.63) is 29.5 Å². The highest BCUT2D eigenvalue weighted by molar-refractivity contribution is 5.74. The highest BCUT2D eigenvalue weighted by atomic mass is 16.7. The highest BCUT2D eigenvalue weighted by Gasteiger charge is 2.23. The first-order valence-electron chi connectivity index (χ1n) is 7.20. The molecule has 7 nitrogen and oxygen atoms in total. The molecule has 0 saturated heterocycles. The lowest BCUT2D eigenvalue weighted by molar-refractivity contribution is -0.118. The molecular weight excluding hydrogens is 284 g/mol. The Labute approximate surface area is 127 Å². The summed E-state index contributed by atoms with van der Waals surface area (Å²) in [4.78, 5) is 11.3. The molecule has 22 heavy (non-hydrogen) atoms. The van der Waals surface area contributed by atoms with Gasteiger partial charge >= 0.3 is 0 Å². The van der Waals surface area contributed by atoms with Crippen LogP contribution in [0.15, 0.2) is 18.2 Å². The second-order valence-electron chi connectivity index (χ2n) is 5.39. The summed E-state index contributed by atoms with van der Waals surface area (Å²) in [6, 6.07) is 5.76. The van der Waals surface area contributed by atoms with E-state index < -0.39 is 0 Å². The van der Waals surface area contributed by atoms with Gasteiger partial charge in [-0.05, 0) is 18.2 Å². The molecule has 2 aliphatic heterocycles. The van der Waals surface area contributed by atoms with Gasteiger partial charge in [0.25, 0.3) is 0 Å². The first kappa shape index (κ1) is 13.1. The maximum atomic E-state index is 11.3. The third kappa shape index (κ3) is 2.10. The molecular formula is C15H16N4O3. The van der Waals surface area contributed by atoms with Gasteiger partial charge in [0.2, 0.25) is 12.7 Å². The van der Waals surface area contributed by atoms with E-state index in [-0.39, 0.29) is 19.2 Å². The van der Waals surface area contributed by atoms with Crippen molar-refractivity contribution in [2.45, 2.75) is 19.5 Å². The monoisotopic (exact) mass is 300 g/mol. The van der Waals surface area contributed by atoms with Gasteiger partial charge < -0.3 is 20.5 Å². The largest absolute Gasteiger partial charge is 0.454 e. The predicted molar refractivity (Wildman–Crippen MR) is 78.4 cm³/mol. The summed E-state index contributed by atoms with van der Waals surface area (Å²) in [6.45, 7) is 1.96. The van der Waals surface area contributed by atoms with Crippen molar-refractivity contribution in [1.82, 2.24) is 15.1 Å². The van der Waals surface area contributed by atoms with Crippen molar-refractivity contribution in [2.75, 3.05) is 13.3 Å². The third-order valence-corrected chi connectivity index (χ3v) is 3.96. The number of rotatable bonds is 3. The maximum absolute atomic E-state index is 11.3. The Balaban J connectivity index is 1.81. The van der Waals surface area contributed by atoms with Crippen molar-refractivity contribution in [2.24, 2.45) is 5.73 Å². The first-order valence-corrected chi connectivity index (χ1v) is 7.20. The summed E-state index contributed by atoms with van der Waals surface area (Å²) < 4.78 is 12.5. The average Bonchev–Trinajstić information content (AvgIpc) is 3.11. The second-order valence-corrected chi connectivity index (χ2v) is 5.39. The molecule has 0 spiro atoms. The van der Waals surface area contributed by atoms with E-state index in [4.69, 9.17) is 15.2 Å². The molecule has 0 radical (unpaired) electrons. The van der Waals surface area contributed by atoms with Crippen molar-refractivity contribution in [3.63, 3.8) is 0 Å². The van der Waals surface area contributed by atoms with E-state index in [2.05, 4.69) is 10.4 Å². The molecule has 0 saturated carbocycles. The Kier molecular flexibility index (Phi) is 3.00. The van der Waals surface area contributed by atoms with Gasteiger partial charge in [-0.25, -0.2) is 0 Å². The minimum Gasteiger partial charge on any atom is -0.454 e. The smallest absolute Gasteiger partial charge is 0.239 e. The number of nitrogens with zero attached hydrogens (tertiary/aromatic N) is 2. The Morgan fingerprint density at radius 2 is 2.23 bits per heavy atom. The number of fused-ring (bicyclic) bond motifs is 2. The molecule has 114 valence electrons. The molecule has 3 heterocycles. The fourth-order valence-electron chi connectivity index (χ4n) is 2.97. The number of nitrogens with two attached hydrogens (primary N) is 1. The van der Waals surface area contributed by atoms with Crippen LogP contribution in [0.1, 0.15) is 11.3 Å². The normalized spacial score (nSPS) is 15.6. The van der Waals surface area contributed by atoms with Gasteiger partial charge in [0.1, 0.15) is 6.54 Å². The van der Waals surface area contributed by atoms with Crippen LogP contribution in [0.2, 0.25) is 0 Å². The van der Waals surface area contributed by atoms with Crippen LogP contribution in [0.3, 0.4) is 0 Å². The fourth-order valence-corrected chi connectivity index (χ4v) is 2.97. The number of hydrogen-bond acceptors (Lipinski definition) is 5. The fraction of sp³-hybridized carbons (Fsp3) is 0.333.